The quantitative estimate of drug-likeness (QED) is 0.325. The van der Waals surface area contributed by atoms with Gasteiger partial charge in [0.15, 0.2) is 5.96 Å². The highest BCUT2D eigenvalue weighted by molar-refractivity contribution is 14.0. The van der Waals surface area contributed by atoms with Crippen LogP contribution in [0.15, 0.2) is 29.3 Å². The van der Waals surface area contributed by atoms with Crippen molar-refractivity contribution in [2.45, 2.75) is 26.7 Å². The smallest absolute Gasteiger partial charge is 0.191 e. The van der Waals surface area contributed by atoms with Crippen molar-refractivity contribution in [1.82, 2.24) is 10.6 Å². The SMILES string of the molecule is CCCCNC(=NC)NCCOc1ccccc1C.I. The fourth-order valence-electron chi connectivity index (χ4n) is 1.65. The van der Waals surface area contributed by atoms with Crippen molar-refractivity contribution in [1.29, 1.82) is 0 Å². The van der Waals surface area contributed by atoms with Gasteiger partial charge in [0.25, 0.3) is 0 Å². The molecule has 0 unspecified atom stereocenters. The predicted molar refractivity (Wildman–Crippen MR) is 96.4 cm³/mol. The van der Waals surface area contributed by atoms with Crippen molar-refractivity contribution in [2.24, 2.45) is 4.99 Å². The first-order chi connectivity index (χ1) is 9.27. The number of aliphatic imine (C=N–C) groups is 1. The molecule has 0 saturated carbocycles. The van der Waals surface area contributed by atoms with Crippen LogP contribution in [0.3, 0.4) is 0 Å². The van der Waals surface area contributed by atoms with Gasteiger partial charge in [0, 0.05) is 13.6 Å². The Morgan fingerprint density at radius 3 is 2.55 bits per heavy atom. The van der Waals surface area contributed by atoms with E-state index in [-0.39, 0.29) is 24.0 Å². The second-order valence-corrected chi connectivity index (χ2v) is 4.39. The van der Waals surface area contributed by atoms with Gasteiger partial charge in [0.05, 0.1) is 6.54 Å². The summed E-state index contributed by atoms with van der Waals surface area (Å²) in [7, 11) is 1.78. The highest BCUT2D eigenvalue weighted by Gasteiger charge is 1.98. The van der Waals surface area contributed by atoms with Crippen molar-refractivity contribution in [3.05, 3.63) is 29.8 Å². The Kier molecular flexibility index (Phi) is 11.2. The van der Waals surface area contributed by atoms with Gasteiger partial charge in [-0.25, -0.2) is 0 Å². The van der Waals surface area contributed by atoms with Gasteiger partial charge in [-0.15, -0.1) is 24.0 Å². The number of nitrogens with one attached hydrogen (secondary N) is 2. The molecule has 0 radical (unpaired) electrons. The number of unbranched alkanes of at least 4 members (excludes halogenated alkanes) is 1. The summed E-state index contributed by atoms with van der Waals surface area (Å²) in [5, 5.41) is 6.50. The van der Waals surface area contributed by atoms with E-state index in [0.717, 1.165) is 36.8 Å². The number of para-hydroxylation sites is 1. The molecule has 0 aliphatic rings. The summed E-state index contributed by atoms with van der Waals surface area (Å²) in [6.07, 6.45) is 2.33. The number of hydrogen-bond donors (Lipinski definition) is 2. The van der Waals surface area contributed by atoms with Gasteiger partial charge >= 0.3 is 0 Å². The highest BCUT2D eigenvalue weighted by Crippen LogP contribution is 2.15. The highest BCUT2D eigenvalue weighted by atomic mass is 127. The Morgan fingerprint density at radius 2 is 1.90 bits per heavy atom. The average Bonchev–Trinajstić information content (AvgIpc) is 2.43. The van der Waals surface area contributed by atoms with Crippen LogP contribution in [-0.4, -0.2) is 32.7 Å². The predicted octanol–water partition coefficient (Wildman–Crippen LogP) is 2.96. The molecule has 1 aromatic carbocycles. The monoisotopic (exact) mass is 391 g/mol. The van der Waals surface area contributed by atoms with Crippen molar-refractivity contribution < 1.29 is 4.74 Å². The summed E-state index contributed by atoms with van der Waals surface area (Å²) in [5.41, 5.74) is 1.16. The lowest BCUT2D eigenvalue weighted by Gasteiger charge is -2.13. The molecule has 0 aliphatic heterocycles. The van der Waals surface area contributed by atoms with E-state index in [2.05, 4.69) is 22.5 Å². The first-order valence-corrected chi connectivity index (χ1v) is 6.91. The van der Waals surface area contributed by atoms with Crippen LogP contribution in [0.25, 0.3) is 0 Å². The molecule has 0 amide bonds. The number of aryl methyl sites for hydroxylation is 1. The van der Waals surface area contributed by atoms with E-state index < -0.39 is 0 Å². The molecule has 5 heteroatoms. The van der Waals surface area contributed by atoms with Crippen molar-refractivity contribution in [2.75, 3.05) is 26.7 Å². The largest absolute Gasteiger partial charge is 0.491 e. The van der Waals surface area contributed by atoms with Crippen LogP contribution >= 0.6 is 24.0 Å². The molecule has 0 aliphatic carbocycles. The summed E-state index contributed by atoms with van der Waals surface area (Å²) in [6.45, 7) is 6.54. The first-order valence-electron chi connectivity index (χ1n) is 6.91. The lowest BCUT2D eigenvalue weighted by atomic mass is 10.2. The molecule has 20 heavy (non-hydrogen) atoms. The summed E-state index contributed by atoms with van der Waals surface area (Å²) in [6, 6.07) is 8.04. The number of ether oxygens (including phenoxy) is 1. The molecule has 0 fully saturated rings. The molecular formula is C15H26IN3O. The van der Waals surface area contributed by atoms with E-state index in [0.29, 0.717) is 6.61 Å². The Balaban J connectivity index is 0.00000361. The maximum absolute atomic E-state index is 5.71. The molecule has 0 bridgehead atoms. The topological polar surface area (TPSA) is 45.7 Å². The molecule has 0 spiro atoms. The number of rotatable bonds is 7. The van der Waals surface area contributed by atoms with Gasteiger partial charge in [0.1, 0.15) is 12.4 Å². The van der Waals surface area contributed by atoms with E-state index in [1.807, 2.05) is 31.2 Å². The van der Waals surface area contributed by atoms with Crippen LogP contribution in [0.1, 0.15) is 25.3 Å². The number of guanidine groups is 1. The minimum absolute atomic E-state index is 0. The van der Waals surface area contributed by atoms with Gasteiger partial charge in [-0.1, -0.05) is 31.5 Å². The third-order valence-corrected chi connectivity index (χ3v) is 2.79. The van der Waals surface area contributed by atoms with Gasteiger partial charge in [-0.3, -0.25) is 4.99 Å². The average molecular weight is 391 g/mol. The molecule has 1 aromatic rings. The van der Waals surface area contributed by atoms with Gasteiger partial charge in [-0.05, 0) is 25.0 Å². The number of hydrogen-bond acceptors (Lipinski definition) is 2. The molecule has 1 rings (SSSR count). The maximum Gasteiger partial charge on any atom is 0.191 e. The van der Waals surface area contributed by atoms with Crippen LogP contribution in [0.5, 0.6) is 5.75 Å². The zero-order valence-electron chi connectivity index (χ0n) is 12.6. The molecule has 0 saturated heterocycles. The van der Waals surface area contributed by atoms with E-state index >= 15 is 0 Å². The lowest BCUT2D eigenvalue weighted by Crippen LogP contribution is -2.39. The second-order valence-electron chi connectivity index (χ2n) is 4.39. The second kappa shape index (κ2) is 11.8. The molecule has 2 N–H and O–H groups in total. The Bertz CT molecular complexity index is 396. The first kappa shape index (κ1) is 19.0. The van der Waals surface area contributed by atoms with Crippen LogP contribution < -0.4 is 15.4 Å². The number of benzene rings is 1. The van der Waals surface area contributed by atoms with Gasteiger partial charge in [-0.2, -0.15) is 0 Å². The summed E-state index contributed by atoms with van der Waals surface area (Å²) < 4.78 is 5.71. The minimum Gasteiger partial charge on any atom is -0.491 e. The van der Waals surface area contributed by atoms with Gasteiger partial charge in [0.2, 0.25) is 0 Å². The van der Waals surface area contributed by atoms with Crippen molar-refractivity contribution >= 4 is 29.9 Å². The summed E-state index contributed by atoms with van der Waals surface area (Å²) >= 11 is 0. The van der Waals surface area contributed by atoms with E-state index in [1.54, 1.807) is 7.05 Å². The Labute approximate surface area is 139 Å². The van der Waals surface area contributed by atoms with E-state index in [9.17, 15) is 0 Å². The molecule has 0 aromatic heterocycles. The molecule has 0 heterocycles. The van der Waals surface area contributed by atoms with Crippen molar-refractivity contribution in [3.8, 4) is 5.75 Å². The molecule has 114 valence electrons. The third-order valence-electron chi connectivity index (χ3n) is 2.79. The minimum atomic E-state index is 0. The Hall–Kier alpha value is -0.980. The molecule has 0 atom stereocenters. The van der Waals surface area contributed by atoms with Crippen LogP contribution in [0.4, 0.5) is 0 Å². The van der Waals surface area contributed by atoms with Crippen LogP contribution in [0, 0.1) is 6.92 Å². The number of nitrogens with zero attached hydrogens (tertiary/aromatic N) is 1. The standard InChI is InChI=1S/C15H25N3O.HI/c1-4-5-10-17-15(16-3)18-11-12-19-14-9-7-6-8-13(14)2;/h6-9H,4-5,10-12H2,1-3H3,(H2,16,17,18);1H. The lowest BCUT2D eigenvalue weighted by molar-refractivity contribution is 0.320. The zero-order chi connectivity index (χ0) is 13.9. The molecule has 4 nitrogen and oxygen atoms in total. The fourth-order valence-corrected chi connectivity index (χ4v) is 1.65. The van der Waals surface area contributed by atoms with Crippen LogP contribution in [-0.2, 0) is 0 Å². The van der Waals surface area contributed by atoms with E-state index in [1.165, 1.54) is 6.42 Å². The molecular weight excluding hydrogens is 365 g/mol. The fraction of sp³-hybridized carbons (Fsp3) is 0.533. The van der Waals surface area contributed by atoms with Crippen LogP contribution in [0.2, 0.25) is 0 Å². The third kappa shape index (κ3) is 7.57. The van der Waals surface area contributed by atoms with Crippen molar-refractivity contribution in [3.63, 3.8) is 0 Å². The summed E-state index contributed by atoms with van der Waals surface area (Å²) in [5.74, 6) is 1.78. The normalized spacial score (nSPS) is 10.7. The van der Waals surface area contributed by atoms with E-state index in [4.69, 9.17) is 4.74 Å². The maximum atomic E-state index is 5.71. The Morgan fingerprint density at radius 1 is 1.20 bits per heavy atom. The number of halogens is 1. The zero-order valence-corrected chi connectivity index (χ0v) is 14.9. The summed E-state index contributed by atoms with van der Waals surface area (Å²) in [4.78, 5) is 4.16. The van der Waals surface area contributed by atoms with Gasteiger partial charge < -0.3 is 15.4 Å².